The predicted octanol–water partition coefficient (Wildman–Crippen LogP) is 2.04. The van der Waals surface area contributed by atoms with Crippen molar-refractivity contribution < 1.29 is 0 Å². The molecular weight excluding hydrogens is 200 g/mol. The lowest BCUT2D eigenvalue weighted by Crippen LogP contribution is -2.33. The predicted molar refractivity (Wildman–Crippen MR) is 58.9 cm³/mol. The molecule has 0 radical (unpaired) electrons. The first-order chi connectivity index (χ1) is 7.74. The second kappa shape index (κ2) is 3.05. The molecule has 80 valence electrons. The molecular formula is C12H12N4. The van der Waals surface area contributed by atoms with Crippen molar-refractivity contribution in [1.82, 2.24) is 14.6 Å². The Hall–Kier alpha value is -1.89. The Labute approximate surface area is 93.5 Å². The lowest BCUT2D eigenvalue weighted by atomic mass is 9.67. The van der Waals surface area contributed by atoms with Gasteiger partial charge >= 0.3 is 0 Å². The van der Waals surface area contributed by atoms with Crippen LogP contribution in [-0.4, -0.2) is 14.6 Å². The standard InChI is InChI=1S/C12H12N4/c1-12(3-2-4-12)11-9(6-13)5-10-7-14-8-15-16(10)11/h5,7-8H,2-4H2,1H3. The zero-order valence-corrected chi connectivity index (χ0v) is 9.14. The summed E-state index contributed by atoms with van der Waals surface area (Å²) in [6.45, 7) is 2.21. The van der Waals surface area contributed by atoms with Gasteiger partial charge in [0, 0.05) is 5.41 Å². The molecule has 1 aliphatic carbocycles. The molecule has 0 unspecified atom stereocenters. The topological polar surface area (TPSA) is 54.0 Å². The van der Waals surface area contributed by atoms with Crippen LogP contribution in [0.25, 0.3) is 5.52 Å². The lowest BCUT2D eigenvalue weighted by Gasteiger charge is -2.38. The van der Waals surface area contributed by atoms with Crippen molar-refractivity contribution >= 4 is 5.52 Å². The molecule has 2 aromatic rings. The number of nitriles is 1. The van der Waals surface area contributed by atoms with Crippen molar-refractivity contribution in [3.8, 4) is 6.07 Å². The van der Waals surface area contributed by atoms with Gasteiger partial charge in [-0.3, -0.25) is 0 Å². The molecule has 0 spiro atoms. The number of hydrogen-bond acceptors (Lipinski definition) is 3. The van der Waals surface area contributed by atoms with E-state index in [0.717, 1.165) is 29.6 Å². The van der Waals surface area contributed by atoms with Crippen molar-refractivity contribution in [1.29, 1.82) is 5.26 Å². The van der Waals surface area contributed by atoms with Gasteiger partial charge in [-0.15, -0.1) is 0 Å². The van der Waals surface area contributed by atoms with Gasteiger partial charge in [-0.05, 0) is 18.9 Å². The van der Waals surface area contributed by atoms with Gasteiger partial charge in [0.1, 0.15) is 12.4 Å². The van der Waals surface area contributed by atoms with Crippen LogP contribution < -0.4 is 0 Å². The third-order valence-electron chi connectivity index (χ3n) is 3.59. The van der Waals surface area contributed by atoms with E-state index in [1.54, 1.807) is 6.20 Å². The van der Waals surface area contributed by atoms with Gasteiger partial charge in [-0.1, -0.05) is 13.3 Å². The first-order valence-electron chi connectivity index (χ1n) is 5.47. The SMILES string of the molecule is CC1(c2c(C#N)cc3cncnn23)CCC1. The van der Waals surface area contributed by atoms with Crippen molar-refractivity contribution in [2.24, 2.45) is 0 Å². The molecule has 3 rings (SSSR count). The molecule has 0 amide bonds. The smallest absolute Gasteiger partial charge is 0.136 e. The van der Waals surface area contributed by atoms with E-state index in [0.29, 0.717) is 0 Å². The molecule has 1 saturated carbocycles. The molecule has 1 aliphatic rings. The molecule has 16 heavy (non-hydrogen) atoms. The minimum absolute atomic E-state index is 0.117. The molecule has 2 heterocycles. The minimum Gasteiger partial charge on any atom is -0.241 e. The van der Waals surface area contributed by atoms with E-state index in [-0.39, 0.29) is 5.41 Å². The van der Waals surface area contributed by atoms with Gasteiger partial charge < -0.3 is 0 Å². The Bertz CT molecular complexity index is 587. The minimum atomic E-state index is 0.117. The first kappa shape index (κ1) is 9.34. The zero-order valence-electron chi connectivity index (χ0n) is 9.14. The number of aromatic nitrogens is 3. The van der Waals surface area contributed by atoms with Crippen LogP contribution >= 0.6 is 0 Å². The summed E-state index contributed by atoms with van der Waals surface area (Å²) in [5.74, 6) is 0. The summed E-state index contributed by atoms with van der Waals surface area (Å²) in [4.78, 5) is 3.99. The summed E-state index contributed by atoms with van der Waals surface area (Å²) in [5.41, 5.74) is 2.81. The van der Waals surface area contributed by atoms with Crippen LogP contribution in [0.5, 0.6) is 0 Å². The van der Waals surface area contributed by atoms with E-state index >= 15 is 0 Å². The Morgan fingerprint density at radius 3 is 2.94 bits per heavy atom. The average Bonchev–Trinajstić information content (AvgIpc) is 2.64. The quantitative estimate of drug-likeness (QED) is 0.726. The van der Waals surface area contributed by atoms with Crippen LogP contribution in [0.15, 0.2) is 18.6 Å². The van der Waals surface area contributed by atoms with Gasteiger partial charge in [0.15, 0.2) is 0 Å². The fourth-order valence-electron chi connectivity index (χ4n) is 2.54. The highest BCUT2D eigenvalue weighted by Crippen LogP contribution is 2.44. The Balaban J connectivity index is 2.33. The number of fused-ring (bicyclic) bond motifs is 1. The summed E-state index contributed by atoms with van der Waals surface area (Å²) >= 11 is 0. The van der Waals surface area contributed by atoms with Gasteiger partial charge in [-0.2, -0.15) is 10.4 Å². The molecule has 4 heteroatoms. The summed E-state index contributed by atoms with van der Waals surface area (Å²) in [5, 5.41) is 13.4. The summed E-state index contributed by atoms with van der Waals surface area (Å²) in [7, 11) is 0. The number of nitrogens with zero attached hydrogens (tertiary/aromatic N) is 4. The average molecular weight is 212 g/mol. The van der Waals surface area contributed by atoms with E-state index in [9.17, 15) is 5.26 Å². The van der Waals surface area contributed by atoms with E-state index in [1.165, 1.54) is 12.7 Å². The molecule has 0 aromatic carbocycles. The molecule has 0 saturated heterocycles. The Morgan fingerprint density at radius 1 is 1.50 bits per heavy atom. The molecule has 4 nitrogen and oxygen atoms in total. The maximum Gasteiger partial charge on any atom is 0.136 e. The second-order valence-corrected chi connectivity index (χ2v) is 4.68. The lowest BCUT2D eigenvalue weighted by molar-refractivity contribution is 0.260. The summed E-state index contributed by atoms with van der Waals surface area (Å²) in [6, 6.07) is 4.14. The monoisotopic (exact) mass is 212 g/mol. The Morgan fingerprint density at radius 2 is 2.31 bits per heavy atom. The molecule has 2 aromatic heterocycles. The number of rotatable bonds is 1. The highest BCUT2D eigenvalue weighted by atomic mass is 15.2. The van der Waals surface area contributed by atoms with Gasteiger partial charge in [0.05, 0.1) is 23.0 Å². The van der Waals surface area contributed by atoms with Crippen LogP contribution in [0, 0.1) is 11.3 Å². The largest absolute Gasteiger partial charge is 0.241 e. The van der Waals surface area contributed by atoms with E-state index in [2.05, 4.69) is 23.1 Å². The van der Waals surface area contributed by atoms with Gasteiger partial charge in [0.2, 0.25) is 0 Å². The maximum atomic E-state index is 9.19. The van der Waals surface area contributed by atoms with Crippen LogP contribution in [0.2, 0.25) is 0 Å². The molecule has 0 atom stereocenters. The van der Waals surface area contributed by atoms with E-state index in [1.807, 2.05) is 10.6 Å². The third-order valence-corrected chi connectivity index (χ3v) is 3.59. The second-order valence-electron chi connectivity index (χ2n) is 4.68. The van der Waals surface area contributed by atoms with Crippen LogP contribution in [-0.2, 0) is 5.41 Å². The Kier molecular flexibility index (Phi) is 1.78. The van der Waals surface area contributed by atoms with Crippen molar-refractivity contribution in [3.63, 3.8) is 0 Å². The third kappa shape index (κ3) is 1.09. The summed E-state index contributed by atoms with van der Waals surface area (Å²) < 4.78 is 1.87. The van der Waals surface area contributed by atoms with Crippen molar-refractivity contribution in [2.75, 3.05) is 0 Å². The normalized spacial score (nSPS) is 18.0. The fourth-order valence-corrected chi connectivity index (χ4v) is 2.54. The fraction of sp³-hybridized carbons (Fsp3) is 0.417. The molecule has 0 aliphatic heterocycles. The van der Waals surface area contributed by atoms with Gasteiger partial charge in [-0.25, -0.2) is 9.50 Å². The highest BCUT2D eigenvalue weighted by molar-refractivity contribution is 5.56. The van der Waals surface area contributed by atoms with E-state index in [4.69, 9.17) is 0 Å². The molecule has 0 N–H and O–H groups in total. The van der Waals surface area contributed by atoms with Gasteiger partial charge in [0.25, 0.3) is 0 Å². The van der Waals surface area contributed by atoms with Crippen molar-refractivity contribution in [2.45, 2.75) is 31.6 Å². The molecule has 0 bridgehead atoms. The highest BCUT2D eigenvalue weighted by Gasteiger charge is 2.38. The first-order valence-corrected chi connectivity index (χ1v) is 5.47. The summed E-state index contributed by atoms with van der Waals surface area (Å²) in [6.07, 6.45) is 6.79. The van der Waals surface area contributed by atoms with Crippen LogP contribution in [0.4, 0.5) is 0 Å². The van der Waals surface area contributed by atoms with E-state index < -0.39 is 0 Å². The van der Waals surface area contributed by atoms with Crippen LogP contribution in [0.3, 0.4) is 0 Å². The zero-order chi connectivity index (χ0) is 11.2. The molecule has 1 fully saturated rings. The maximum absolute atomic E-state index is 9.19. The van der Waals surface area contributed by atoms with Crippen LogP contribution in [0.1, 0.15) is 37.4 Å². The van der Waals surface area contributed by atoms with Crippen molar-refractivity contribution in [3.05, 3.63) is 29.8 Å². The number of hydrogen-bond donors (Lipinski definition) is 0.